The molecule has 0 aliphatic heterocycles. The summed E-state index contributed by atoms with van der Waals surface area (Å²) in [6, 6.07) is 0. The van der Waals surface area contributed by atoms with Gasteiger partial charge in [-0.2, -0.15) is 0 Å². The lowest BCUT2D eigenvalue weighted by Crippen LogP contribution is -2.22. The molecule has 0 rings (SSSR count). The largest absolute Gasteiger partial charge is 0.396 e. The maximum absolute atomic E-state index is 8.54. The minimum absolute atomic E-state index is 0.286. The molecule has 0 fully saturated rings. The molecule has 3 heteroatoms. The topological polar surface area (TPSA) is 32.7 Å². The van der Waals surface area contributed by atoms with Crippen molar-refractivity contribution in [3.63, 3.8) is 0 Å². The number of rotatable bonds is 7. The lowest BCUT2D eigenvalue weighted by atomic mass is 10.3. The van der Waals surface area contributed by atoms with Crippen LogP contribution in [0.15, 0.2) is 0 Å². The van der Waals surface area contributed by atoms with Crippen LogP contribution in [-0.4, -0.2) is 50.5 Å². The van der Waals surface area contributed by atoms with Crippen LogP contribution in [0.2, 0.25) is 0 Å². The Balaban J connectivity index is 3.02. The summed E-state index contributed by atoms with van der Waals surface area (Å²) in [5, 5.41) is 8.54. The van der Waals surface area contributed by atoms with E-state index in [-0.39, 0.29) is 6.61 Å². The van der Waals surface area contributed by atoms with Gasteiger partial charge in [0.25, 0.3) is 0 Å². The Kier molecular flexibility index (Phi) is 7.89. The second-order valence-electron chi connectivity index (χ2n) is 2.73. The minimum atomic E-state index is 0.286. The molecule has 0 heterocycles. The number of ether oxygens (including phenoxy) is 1. The van der Waals surface area contributed by atoms with Gasteiger partial charge in [0.1, 0.15) is 0 Å². The highest BCUT2D eigenvalue weighted by Crippen LogP contribution is 1.89. The van der Waals surface area contributed by atoms with Gasteiger partial charge < -0.3 is 14.7 Å². The Morgan fingerprint density at radius 1 is 1.27 bits per heavy atom. The van der Waals surface area contributed by atoms with Gasteiger partial charge in [0.15, 0.2) is 0 Å². The van der Waals surface area contributed by atoms with Crippen LogP contribution in [0.25, 0.3) is 0 Å². The summed E-state index contributed by atoms with van der Waals surface area (Å²) in [5.74, 6) is 0. The van der Waals surface area contributed by atoms with E-state index < -0.39 is 0 Å². The van der Waals surface area contributed by atoms with Crippen molar-refractivity contribution in [2.24, 2.45) is 0 Å². The average molecular weight is 161 g/mol. The van der Waals surface area contributed by atoms with Gasteiger partial charge in [0, 0.05) is 33.4 Å². The third-order valence-corrected chi connectivity index (χ3v) is 1.59. The first-order valence-electron chi connectivity index (χ1n) is 4.09. The molecule has 0 aliphatic rings. The summed E-state index contributed by atoms with van der Waals surface area (Å²) in [6.07, 6.45) is 1.93. The second kappa shape index (κ2) is 7.98. The molecule has 0 saturated heterocycles. The van der Waals surface area contributed by atoms with Crippen LogP contribution in [0, 0.1) is 0 Å². The van der Waals surface area contributed by atoms with Crippen molar-refractivity contribution in [3.8, 4) is 0 Å². The average Bonchev–Trinajstić information content (AvgIpc) is 2.01. The van der Waals surface area contributed by atoms with E-state index in [0.29, 0.717) is 0 Å². The molecular weight excluding hydrogens is 142 g/mol. The third kappa shape index (κ3) is 7.78. The number of aliphatic hydroxyl groups excluding tert-OH is 1. The Bertz CT molecular complexity index is 78.5. The number of hydrogen-bond acceptors (Lipinski definition) is 3. The highest BCUT2D eigenvalue weighted by atomic mass is 16.5. The zero-order valence-electron chi connectivity index (χ0n) is 7.55. The molecule has 0 amide bonds. The minimum Gasteiger partial charge on any atom is -0.396 e. The van der Waals surface area contributed by atoms with Gasteiger partial charge in [-0.15, -0.1) is 0 Å². The van der Waals surface area contributed by atoms with Gasteiger partial charge in [0.2, 0.25) is 0 Å². The molecule has 0 atom stereocenters. The Labute approximate surface area is 69.0 Å². The van der Waals surface area contributed by atoms with E-state index in [1.54, 1.807) is 7.11 Å². The van der Waals surface area contributed by atoms with E-state index >= 15 is 0 Å². The maximum Gasteiger partial charge on any atom is 0.0474 e. The monoisotopic (exact) mass is 161 g/mol. The number of aliphatic hydroxyl groups is 1. The van der Waals surface area contributed by atoms with E-state index in [2.05, 4.69) is 11.9 Å². The Hall–Kier alpha value is -0.120. The van der Waals surface area contributed by atoms with Crippen molar-refractivity contribution in [2.75, 3.05) is 40.5 Å². The van der Waals surface area contributed by atoms with Crippen LogP contribution in [0.5, 0.6) is 0 Å². The Morgan fingerprint density at radius 2 is 1.91 bits per heavy atom. The molecule has 0 aromatic rings. The highest BCUT2D eigenvalue weighted by molar-refractivity contribution is 4.50. The van der Waals surface area contributed by atoms with Gasteiger partial charge in [-0.1, -0.05) is 0 Å². The zero-order valence-corrected chi connectivity index (χ0v) is 7.55. The van der Waals surface area contributed by atoms with E-state index in [0.717, 1.165) is 32.5 Å². The highest BCUT2D eigenvalue weighted by Gasteiger charge is 1.95. The summed E-state index contributed by atoms with van der Waals surface area (Å²) in [6.45, 7) is 3.13. The van der Waals surface area contributed by atoms with Gasteiger partial charge in [-0.25, -0.2) is 0 Å². The molecule has 0 aromatic carbocycles. The van der Waals surface area contributed by atoms with Gasteiger partial charge in [-0.05, 0) is 19.9 Å². The van der Waals surface area contributed by atoms with Crippen molar-refractivity contribution in [2.45, 2.75) is 12.8 Å². The number of nitrogens with zero attached hydrogens (tertiary/aromatic N) is 1. The van der Waals surface area contributed by atoms with E-state index in [1.165, 1.54) is 0 Å². The quantitative estimate of drug-likeness (QED) is 0.546. The molecule has 3 nitrogen and oxygen atoms in total. The molecule has 0 spiro atoms. The van der Waals surface area contributed by atoms with Gasteiger partial charge >= 0.3 is 0 Å². The summed E-state index contributed by atoms with van der Waals surface area (Å²) >= 11 is 0. The first-order valence-corrected chi connectivity index (χ1v) is 4.09. The third-order valence-electron chi connectivity index (χ3n) is 1.59. The van der Waals surface area contributed by atoms with Crippen LogP contribution < -0.4 is 0 Å². The molecule has 0 bridgehead atoms. The molecule has 0 aliphatic carbocycles. The van der Waals surface area contributed by atoms with Crippen LogP contribution in [0.1, 0.15) is 12.8 Å². The lowest BCUT2D eigenvalue weighted by Gasteiger charge is -2.14. The fraction of sp³-hybridized carbons (Fsp3) is 1.00. The van der Waals surface area contributed by atoms with Crippen LogP contribution in [-0.2, 0) is 4.74 Å². The second-order valence-corrected chi connectivity index (χ2v) is 2.73. The fourth-order valence-electron chi connectivity index (χ4n) is 0.931. The SMILES string of the molecule is COCCCN(C)CCCO. The number of methoxy groups -OCH3 is 1. The summed E-state index contributed by atoms with van der Waals surface area (Å²) < 4.78 is 4.92. The molecule has 1 N–H and O–H groups in total. The van der Waals surface area contributed by atoms with Crippen molar-refractivity contribution in [1.82, 2.24) is 4.90 Å². The van der Waals surface area contributed by atoms with Crippen molar-refractivity contribution in [3.05, 3.63) is 0 Å². The predicted molar refractivity (Wildman–Crippen MR) is 45.7 cm³/mol. The van der Waals surface area contributed by atoms with Crippen molar-refractivity contribution < 1.29 is 9.84 Å². The molecule has 68 valence electrons. The molecule has 11 heavy (non-hydrogen) atoms. The summed E-state index contributed by atoms with van der Waals surface area (Å²) in [5.41, 5.74) is 0. The fourth-order valence-corrected chi connectivity index (χ4v) is 0.931. The standard InChI is InChI=1S/C8H19NO2/c1-9(5-3-7-10)6-4-8-11-2/h10H,3-8H2,1-2H3. The molecule has 0 saturated carbocycles. The summed E-state index contributed by atoms with van der Waals surface area (Å²) in [4.78, 5) is 2.20. The Morgan fingerprint density at radius 3 is 2.45 bits per heavy atom. The lowest BCUT2D eigenvalue weighted by molar-refractivity contribution is 0.175. The van der Waals surface area contributed by atoms with Crippen molar-refractivity contribution >= 4 is 0 Å². The normalized spacial score (nSPS) is 10.9. The summed E-state index contributed by atoms with van der Waals surface area (Å²) in [7, 11) is 3.78. The van der Waals surface area contributed by atoms with E-state index in [1.807, 2.05) is 0 Å². The predicted octanol–water partition coefficient (Wildman–Crippen LogP) is 0.337. The van der Waals surface area contributed by atoms with E-state index in [4.69, 9.17) is 9.84 Å². The smallest absolute Gasteiger partial charge is 0.0474 e. The van der Waals surface area contributed by atoms with Gasteiger partial charge in [-0.3, -0.25) is 0 Å². The first kappa shape index (κ1) is 10.9. The van der Waals surface area contributed by atoms with Crippen LogP contribution in [0.4, 0.5) is 0 Å². The van der Waals surface area contributed by atoms with Gasteiger partial charge in [0.05, 0.1) is 0 Å². The molecule has 0 aromatic heterocycles. The number of hydrogen-bond donors (Lipinski definition) is 1. The molecule has 0 radical (unpaired) electrons. The van der Waals surface area contributed by atoms with E-state index in [9.17, 15) is 0 Å². The van der Waals surface area contributed by atoms with Crippen molar-refractivity contribution in [1.29, 1.82) is 0 Å². The maximum atomic E-state index is 8.54. The first-order chi connectivity index (χ1) is 5.31. The zero-order chi connectivity index (χ0) is 8.53. The van der Waals surface area contributed by atoms with Crippen LogP contribution >= 0.6 is 0 Å². The molecular formula is C8H19NO2. The molecule has 0 unspecified atom stereocenters. The van der Waals surface area contributed by atoms with Crippen LogP contribution in [0.3, 0.4) is 0 Å².